The van der Waals surface area contributed by atoms with Gasteiger partial charge < -0.3 is 15.0 Å². The third-order valence-corrected chi connectivity index (χ3v) is 9.67. The highest BCUT2D eigenvalue weighted by Gasteiger charge is 2.60. The van der Waals surface area contributed by atoms with E-state index in [4.69, 9.17) is 4.74 Å². The zero-order chi connectivity index (χ0) is 24.3. The Bertz CT molecular complexity index is 998. The summed E-state index contributed by atoms with van der Waals surface area (Å²) in [5.41, 5.74) is 3.60. The summed E-state index contributed by atoms with van der Waals surface area (Å²) in [4.78, 5) is 31.0. The number of amides is 2. The van der Waals surface area contributed by atoms with Crippen molar-refractivity contribution < 1.29 is 14.3 Å². The van der Waals surface area contributed by atoms with Gasteiger partial charge in [0, 0.05) is 50.4 Å². The fourth-order valence-corrected chi connectivity index (χ4v) is 9.41. The van der Waals surface area contributed by atoms with Gasteiger partial charge in [0.1, 0.15) is 0 Å². The normalized spacial score (nSPS) is 36.3. The molecule has 1 aromatic rings. The molecule has 5 fully saturated rings. The molecule has 2 amide bonds. The zero-order valence-electron chi connectivity index (χ0n) is 21.5. The van der Waals surface area contributed by atoms with Crippen molar-refractivity contribution in [2.75, 3.05) is 51.3 Å². The summed E-state index contributed by atoms with van der Waals surface area (Å²) < 4.78 is 5.43. The maximum absolute atomic E-state index is 13.4. The van der Waals surface area contributed by atoms with Gasteiger partial charge in [-0.3, -0.25) is 14.5 Å². The topological polar surface area (TPSA) is 61.9 Å². The minimum absolute atomic E-state index is 0.0949. The fourth-order valence-electron chi connectivity index (χ4n) is 9.41. The van der Waals surface area contributed by atoms with E-state index in [0.29, 0.717) is 23.8 Å². The van der Waals surface area contributed by atoms with Crippen molar-refractivity contribution in [3.8, 4) is 0 Å². The molecule has 6 heteroatoms. The Morgan fingerprint density at radius 2 is 1.77 bits per heavy atom. The SMILES string of the molecule is CC12CC3CC(C)(C1)CC(CC(=O)Nc1cccc4c1CCN(CCN1CCOCC1)C4=O)(C3)C2. The first-order chi connectivity index (χ1) is 16.7. The van der Waals surface area contributed by atoms with Crippen molar-refractivity contribution in [1.82, 2.24) is 9.80 Å². The molecule has 2 unspecified atom stereocenters. The summed E-state index contributed by atoms with van der Waals surface area (Å²) in [7, 11) is 0. The van der Waals surface area contributed by atoms with Crippen LogP contribution in [0.4, 0.5) is 5.69 Å². The molecule has 6 nitrogen and oxygen atoms in total. The second-order valence-electron chi connectivity index (χ2n) is 13.2. The molecule has 2 aliphatic heterocycles. The molecule has 4 aliphatic carbocycles. The first kappa shape index (κ1) is 23.5. The number of rotatable bonds is 6. The van der Waals surface area contributed by atoms with Crippen molar-refractivity contribution >= 4 is 17.5 Å². The molecule has 0 spiro atoms. The summed E-state index contributed by atoms with van der Waals surface area (Å²) >= 11 is 0. The summed E-state index contributed by atoms with van der Waals surface area (Å²) in [5, 5.41) is 3.26. The predicted octanol–water partition coefficient (Wildman–Crippen LogP) is 4.34. The third-order valence-electron chi connectivity index (χ3n) is 9.67. The second kappa shape index (κ2) is 8.58. The highest BCUT2D eigenvalue weighted by molar-refractivity contribution is 6.00. The lowest BCUT2D eigenvalue weighted by Crippen LogP contribution is -2.55. The number of nitrogens with one attached hydrogen (secondary N) is 1. The number of carbonyl (C=O) groups is 2. The van der Waals surface area contributed by atoms with E-state index in [9.17, 15) is 9.59 Å². The molecule has 0 radical (unpaired) electrons. The lowest BCUT2D eigenvalue weighted by atomic mass is 9.40. The Morgan fingerprint density at radius 1 is 1.03 bits per heavy atom. The number of benzene rings is 1. The smallest absolute Gasteiger partial charge is 0.254 e. The molecule has 190 valence electrons. The van der Waals surface area contributed by atoms with Gasteiger partial charge in [0.05, 0.1) is 13.2 Å². The molecule has 7 rings (SSSR count). The predicted molar refractivity (Wildman–Crippen MR) is 136 cm³/mol. The third kappa shape index (κ3) is 4.53. The van der Waals surface area contributed by atoms with Crippen LogP contribution in [0.15, 0.2) is 18.2 Å². The van der Waals surface area contributed by atoms with E-state index in [0.717, 1.165) is 68.5 Å². The minimum atomic E-state index is 0.0949. The molecule has 4 bridgehead atoms. The average Bonchev–Trinajstić information content (AvgIpc) is 2.77. The number of hydrogen-bond donors (Lipinski definition) is 1. The van der Waals surface area contributed by atoms with Crippen molar-refractivity contribution in [3.63, 3.8) is 0 Å². The highest BCUT2D eigenvalue weighted by atomic mass is 16.5. The molecular weight excluding hydrogens is 438 g/mol. The van der Waals surface area contributed by atoms with Gasteiger partial charge in [-0.25, -0.2) is 0 Å². The van der Waals surface area contributed by atoms with Gasteiger partial charge in [0.25, 0.3) is 5.91 Å². The maximum atomic E-state index is 13.4. The fraction of sp³-hybridized carbons (Fsp3) is 0.724. The summed E-state index contributed by atoms with van der Waals surface area (Å²) in [6, 6.07) is 5.83. The van der Waals surface area contributed by atoms with E-state index in [2.05, 4.69) is 24.1 Å². The van der Waals surface area contributed by atoms with Crippen molar-refractivity contribution in [1.29, 1.82) is 0 Å². The van der Waals surface area contributed by atoms with Crippen LogP contribution in [0.2, 0.25) is 0 Å². The second-order valence-corrected chi connectivity index (χ2v) is 13.2. The van der Waals surface area contributed by atoms with Crippen LogP contribution in [0.25, 0.3) is 0 Å². The van der Waals surface area contributed by atoms with Crippen molar-refractivity contribution in [2.24, 2.45) is 22.2 Å². The first-order valence-electron chi connectivity index (χ1n) is 13.8. The number of fused-ring (bicyclic) bond motifs is 1. The standard InChI is InChI=1S/C29H41N3O3/c1-27-14-21-15-28(2,18-27)20-29(16-21,19-27)17-25(33)30-24-5-3-4-23-22(24)6-7-32(26(23)34)9-8-31-10-12-35-13-11-31/h3-5,21H,6-20H2,1-2H3,(H,30,33). The van der Waals surface area contributed by atoms with E-state index in [1.165, 1.54) is 38.5 Å². The van der Waals surface area contributed by atoms with E-state index < -0.39 is 0 Å². The van der Waals surface area contributed by atoms with Gasteiger partial charge in [-0.1, -0.05) is 19.9 Å². The molecule has 2 atom stereocenters. The molecule has 6 aliphatic rings. The first-order valence-corrected chi connectivity index (χ1v) is 13.8. The summed E-state index contributed by atoms with van der Waals surface area (Å²) in [6.45, 7) is 10.7. The molecule has 4 saturated carbocycles. The van der Waals surface area contributed by atoms with E-state index in [-0.39, 0.29) is 17.2 Å². The molecule has 1 N–H and O–H groups in total. The van der Waals surface area contributed by atoms with Crippen LogP contribution in [-0.4, -0.2) is 67.6 Å². The molecular formula is C29H41N3O3. The largest absolute Gasteiger partial charge is 0.379 e. The van der Waals surface area contributed by atoms with Crippen LogP contribution in [0.1, 0.15) is 74.7 Å². The maximum Gasteiger partial charge on any atom is 0.254 e. The number of nitrogens with zero attached hydrogens (tertiary/aromatic N) is 2. The number of morpholine rings is 1. The monoisotopic (exact) mass is 479 g/mol. The molecule has 35 heavy (non-hydrogen) atoms. The Kier molecular flexibility index (Phi) is 5.76. The minimum Gasteiger partial charge on any atom is -0.379 e. The Morgan fingerprint density at radius 3 is 2.49 bits per heavy atom. The van der Waals surface area contributed by atoms with Crippen molar-refractivity contribution in [3.05, 3.63) is 29.3 Å². The van der Waals surface area contributed by atoms with Crippen LogP contribution < -0.4 is 5.32 Å². The Hall–Kier alpha value is -1.92. The number of carbonyl (C=O) groups excluding carboxylic acids is 2. The lowest BCUT2D eigenvalue weighted by Gasteiger charge is -2.65. The number of hydrogen-bond acceptors (Lipinski definition) is 4. The Labute approximate surface area is 209 Å². The van der Waals surface area contributed by atoms with Gasteiger partial charge in [0.15, 0.2) is 0 Å². The van der Waals surface area contributed by atoms with E-state index in [1.54, 1.807) is 0 Å². The van der Waals surface area contributed by atoms with E-state index >= 15 is 0 Å². The highest BCUT2D eigenvalue weighted by Crippen LogP contribution is 2.70. The summed E-state index contributed by atoms with van der Waals surface area (Å²) in [5.74, 6) is 1.02. The van der Waals surface area contributed by atoms with E-state index in [1.807, 2.05) is 23.1 Å². The average molecular weight is 480 g/mol. The van der Waals surface area contributed by atoms with Gasteiger partial charge >= 0.3 is 0 Å². The van der Waals surface area contributed by atoms with Gasteiger partial charge in [-0.15, -0.1) is 0 Å². The Balaban J connectivity index is 1.12. The number of anilines is 1. The molecule has 1 saturated heterocycles. The van der Waals surface area contributed by atoms with Crippen molar-refractivity contribution in [2.45, 2.75) is 65.2 Å². The molecule has 2 heterocycles. The lowest BCUT2D eigenvalue weighted by molar-refractivity contribution is -0.153. The van der Waals surface area contributed by atoms with Gasteiger partial charge in [0.2, 0.25) is 5.91 Å². The van der Waals surface area contributed by atoms with Crippen LogP contribution in [0.5, 0.6) is 0 Å². The van der Waals surface area contributed by atoms with Gasteiger partial charge in [-0.05, 0) is 84.8 Å². The van der Waals surface area contributed by atoms with Crippen LogP contribution in [-0.2, 0) is 16.0 Å². The quantitative estimate of drug-likeness (QED) is 0.659. The summed E-state index contributed by atoms with van der Waals surface area (Å²) in [6.07, 6.45) is 9.06. The molecule has 1 aromatic carbocycles. The molecule has 0 aromatic heterocycles. The van der Waals surface area contributed by atoms with Crippen LogP contribution >= 0.6 is 0 Å². The zero-order valence-corrected chi connectivity index (χ0v) is 21.5. The number of ether oxygens (including phenoxy) is 1. The van der Waals surface area contributed by atoms with Crippen LogP contribution in [0.3, 0.4) is 0 Å². The van der Waals surface area contributed by atoms with Gasteiger partial charge in [-0.2, -0.15) is 0 Å². The van der Waals surface area contributed by atoms with Crippen LogP contribution in [0, 0.1) is 22.2 Å².